The highest BCUT2D eigenvalue weighted by atomic mass is 19.3. The maximum Gasteiger partial charge on any atom is 0.411 e. The van der Waals surface area contributed by atoms with E-state index in [9.17, 15) is 41.5 Å². The molecule has 1 aromatic heterocycles. The lowest BCUT2D eigenvalue weighted by Crippen LogP contribution is -2.48. The number of hydrogen-bond acceptors (Lipinski definition) is 9. The molecule has 4 aromatic rings. The van der Waals surface area contributed by atoms with Gasteiger partial charge in [-0.05, 0) is 118 Å². The van der Waals surface area contributed by atoms with Crippen molar-refractivity contribution in [2.75, 3.05) is 19.0 Å². The van der Waals surface area contributed by atoms with Gasteiger partial charge in [0.1, 0.15) is 11.6 Å². The summed E-state index contributed by atoms with van der Waals surface area (Å²) in [6, 6.07) is 16.9. The van der Waals surface area contributed by atoms with E-state index < -0.39 is 59.1 Å². The number of amides is 3. The summed E-state index contributed by atoms with van der Waals surface area (Å²) >= 11 is 0. The van der Waals surface area contributed by atoms with E-state index in [1.54, 1.807) is 38.0 Å². The van der Waals surface area contributed by atoms with Crippen LogP contribution in [0.1, 0.15) is 73.8 Å². The smallest absolute Gasteiger partial charge is 0.411 e. The fourth-order valence-corrected chi connectivity index (χ4v) is 6.65. The van der Waals surface area contributed by atoms with E-state index in [2.05, 4.69) is 26.0 Å². The van der Waals surface area contributed by atoms with Crippen molar-refractivity contribution in [3.05, 3.63) is 89.2 Å². The Kier molecular flexibility index (Phi) is 13.7. The van der Waals surface area contributed by atoms with Gasteiger partial charge < -0.3 is 30.5 Å². The summed E-state index contributed by atoms with van der Waals surface area (Å²) in [7, 11) is 1.30. The molecule has 0 spiro atoms. The maximum absolute atomic E-state index is 14.3. The van der Waals surface area contributed by atoms with E-state index in [0.717, 1.165) is 16.7 Å². The molecule has 1 unspecified atom stereocenters. The van der Waals surface area contributed by atoms with Gasteiger partial charge in [-0.3, -0.25) is 14.7 Å². The molecule has 3 amide bonds. The number of nitrogens with zero attached hydrogens (tertiary/aromatic N) is 2. The lowest BCUT2D eigenvalue weighted by molar-refractivity contribution is -0.231. The molecular formula is C42H46F4N6O8. The molecule has 5 N–H and O–H groups in total. The molecule has 0 bridgehead atoms. The topological polar surface area (TPSA) is 202 Å². The van der Waals surface area contributed by atoms with E-state index in [-0.39, 0.29) is 35.4 Å². The van der Waals surface area contributed by atoms with Crippen molar-refractivity contribution in [3.8, 4) is 22.5 Å². The van der Waals surface area contributed by atoms with Crippen molar-refractivity contribution < 1.29 is 56.1 Å². The number of nitrogens with one attached hydrogen (secondary N) is 4. The highest BCUT2D eigenvalue weighted by molar-refractivity contribution is 5.98. The van der Waals surface area contributed by atoms with Crippen LogP contribution in [-0.2, 0) is 36.2 Å². The van der Waals surface area contributed by atoms with Crippen LogP contribution >= 0.6 is 0 Å². The second-order valence-electron chi connectivity index (χ2n) is 15.6. The van der Waals surface area contributed by atoms with Crippen LogP contribution in [0, 0.1) is 18.8 Å². The van der Waals surface area contributed by atoms with Crippen LogP contribution in [0.2, 0.25) is 0 Å². The monoisotopic (exact) mass is 838 g/mol. The number of aromatic nitrogens is 3. The number of anilines is 1. The van der Waals surface area contributed by atoms with E-state index >= 15 is 0 Å². The number of H-pyrrole nitrogens is 1. The Morgan fingerprint density at radius 2 is 1.53 bits per heavy atom. The minimum absolute atomic E-state index is 0.0825. The first-order chi connectivity index (χ1) is 28.2. The zero-order chi connectivity index (χ0) is 44.0. The van der Waals surface area contributed by atoms with Gasteiger partial charge in [0.25, 0.3) is 0 Å². The molecule has 3 aromatic carbocycles. The molecule has 1 heterocycles. The number of hydrogen-bond donors (Lipinski definition) is 5. The molecule has 0 radical (unpaired) electrons. The average Bonchev–Trinajstić information content (AvgIpc) is 3.71. The summed E-state index contributed by atoms with van der Waals surface area (Å²) in [6.07, 6.45) is 1.97. The normalized spacial score (nSPS) is 16.3. The quantitative estimate of drug-likeness (QED) is 0.0648. The Morgan fingerprint density at radius 3 is 2.13 bits per heavy atom. The van der Waals surface area contributed by atoms with Crippen LogP contribution in [-0.4, -0.2) is 81.4 Å². The Bertz CT molecular complexity index is 2200. The Labute approximate surface area is 342 Å². The lowest BCUT2D eigenvalue weighted by atomic mass is 9.81. The minimum atomic E-state index is -5.46. The van der Waals surface area contributed by atoms with Crippen LogP contribution in [0.5, 0.6) is 0 Å². The van der Waals surface area contributed by atoms with Crippen molar-refractivity contribution in [2.45, 2.75) is 83.3 Å². The molecule has 18 heteroatoms. The second-order valence-corrected chi connectivity index (χ2v) is 15.6. The van der Waals surface area contributed by atoms with Crippen molar-refractivity contribution >= 4 is 35.5 Å². The van der Waals surface area contributed by atoms with Gasteiger partial charge in [0.2, 0.25) is 17.6 Å². The second kappa shape index (κ2) is 18.3. The fourth-order valence-electron chi connectivity index (χ4n) is 6.65. The van der Waals surface area contributed by atoms with Crippen LogP contribution in [0.3, 0.4) is 0 Å². The summed E-state index contributed by atoms with van der Waals surface area (Å²) in [5.41, 5.74) is 3.31. The number of carbonyl (C=O) groups excluding carboxylic acids is 4. The number of carboxylic acid groups (broad SMARTS) is 1. The Morgan fingerprint density at radius 1 is 0.900 bits per heavy atom. The molecule has 60 heavy (non-hydrogen) atoms. The number of esters is 1. The molecule has 320 valence electrons. The van der Waals surface area contributed by atoms with Gasteiger partial charge >= 0.3 is 29.9 Å². The molecule has 14 nitrogen and oxygen atoms in total. The van der Waals surface area contributed by atoms with Crippen LogP contribution in [0.15, 0.2) is 66.7 Å². The first kappa shape index (κ1) is 44.8. The SMILES string of the molecule is COC(=O)c1ccc(C)c(-c2ccc(CC(NC(=O)C3CCC(CNC(=O)OC(C)(C)C)CC3)C(=O)Nc3ccc(-c4n[nH]c(C(F)(F)C(F)(F)C(=O)O)n4)cc3)cc2)c1. The number of halogens is 4. The van der Waals surface area contributed by atoms with E-state index in [4.69, 9.17) is 14.6 Å². The fraction of sp³-hybridized carbons (Fsp3) is 0.405. The third-order valence-corrected chi connectivity index (χ3v) is 10.0. The van der Waals surface area contributed by atoms with Crippen molar-refractivity contribution in [3.63, 3.8) is 0 Å². The number of carboxylic acids is 1. The zero-order valence-electron chi connectivity index (χ0n) is 33.5. The highest BCUT2D eigenvalue weighted by Crippen LogP contribution is 2.42. The number of aromatic amines is 1. The summed E-state index contributed by atoms with van der Waals surface area (Å²) in [4.78, 5) is 66.0. The van der Waals surface area contributed by atoms with Gasteiger partial charge in [0.05, 0.1) is 12.7 Å². The maximum atomic E-state index is 14.3. The van der Waals surface area contributed by atoms with Gasteiger partial charge in [0, 0.05) is 30.1 Å². The van der Waals surface area contributed by atoms with Crippen LogP contribution in [0.4, 0.5) is 28.0 Å². The molecule has 1 aliphatic carbocycles. The first-order valence-electron chi connectivity index (χ1n) is 19.1. The van der Waals surface area contributed by atoms with Gasteiger partial charge in [-0.15, -0.1) is 0 Å². The number of aliphatic carboxylic acids is 1. The minimum Gasteiger partial charge on any atom is -0.477 e. The van der Waals surface area contributed by atoms with Crippen molar-refractivity contribution in [1.82, 2.24) is 25.8 Å². The Hall–Kier alpha value is -6.33. The molecule has 5 rings (SSSR count). The number of benzene rings is 3. The average molecular weight is 839 g/mol. The molecule has 1 aliphatic rings. The van der Waals surface area contributed by atoms with Crippen molar-refractivity contribution in [1.29, 1.82) is 0 Å². The zero-order valence-corrected chi connectivity index (χ0v) is 33.5. The number of methoxy groups -OCH3 is 1. The highest BCUT2D eigenvalue weighted by Gasteiger charge is 2.65. The summed E-state index contributed by atoms with van der Waals surface area (Å²) < 4.78 is 66.1. The van der Waals surface area contributed by atoms with E-state index in [1.807, 2.05) is 37.3 Å². The number of alkyl carbamates (subject to hydrolysis) is 1. The van der Waals surface area contributed by atoms with Gasteiger partial charge in [-0.1, -0.05) is 30.3 Å². The van der Waals surface area contributed by atoms with E-state index in [0.29, 0.717) is 43.4 Å². The van der Waals surface area contributed by atoms with Gasteiger partial charge in [-0.2, -0.15) is 22.7 Å². The molecule has 0 saturated heterocycles. The van der Waals surface area contributed by atoms with Gasteiger partial charge in [-0.25, -0.2) is 19.4 Å². The number of rotatable bonds is 14. The predicted octanol–water partition coefficient (Wildman–Crippen LogP) is 7.04. The van der Waals surface area contributed by atoms with Crippen molar-refractivity contribution in [2.24, 2.45) is 11.8 Å². The molecular weight excluding hydrogens is 792 g/mol. The largest absolute Gasteiger partial charge is 0.477 e. The van der Waals surface area contributed by atoms with E-state index in [1.165, 1.54) is 31.4 Å². The number of alkyl halides is 4. The van der Waals surface area contributed by atoms with Crippen LogP contribution < -0.4 is 16.0 Å². The van der Waals surface area contributed by atoms with Gasteiger partial charge in [0.15, 0.2) is 5.82 Å². The standard InChI is InChI=1S/C42H46F4N6O8/c1-23-6-11-29(36(55)59-5)21-31(23)26-12-7-24(8-13-26)20-32(49-34(53)28-14-9-25(10-15-28)22-47-39(58)60-40(2,3)4)35(54)48-30-18-16-27(17-19-30)33-50-37(52-51-33)41(43,44)42(45,46)38(56)57/h6-8,11-13,16-19,21,25,28,32H,9-10,14-15,20,22H2,1-5H3,(H,47,58)(H,48,54)(H,49,53)(H,56,57)(H,50,51,52). The predicted molar refractivity (Wildman–Crippen MR) is 210 cm³/mol. The summed E-state index contributed by atoms with van der Waals surface area (Å²) in [5.74, 6) is -17.4. The number of aryl methyl sites for hydroxylation is 1. The Balaban J connectivity index is 1.30. The third-order valence-electron chi connectivity index (χ3n) is 10.0. The number of carbonyl (C=O) groups is 5. The third kappa shape index (κ3) is 10.8. The molecule has 1 saturated carbocycles. The number of ether oxygens (including phenoxy) is 2. The first-order valence-corrected chi connectivity index (χ1v) is 19.1. The molecule has 1 atom stereocenters. The lowest BCUT2D eigenvalue weighted by Gasteiger charge is -2.29. The molecule has 0 aliphatic heterocycles. The summed E-state index contributed by atoms with van der Waals surface area (Å²) in [6.45, 7) is 7.63. The van der Waals surface area contributed by atoms with Crippen LogP contribution in [0.25, 0.3) is 22.5 Å². The summed E-state index contributed by atoms with van der Waals surface area (Å²) in [5, 5.41) is 22.2. The molecule has 1 fully saturated rings.